The Bertz CT molecular complexity index is 745. The van der Waals surface area contributed by atoms with E-state index in [-0.39, 0.29) is 23.1 Å². The molecule has 0 aromatic carbocycles. The summed E-state index contributed by atoms with van der Waals surface area (Å²) in [5.41, 5.74) is 7.41. The average Bonchev–Trinajstić information content (AvgIpc) is 2.54. The maximum atomic E-state index is 12.7. The zero-order valence-corrected chi connectivity index (χ0v) is 14.2. The standard InChI is InChI=1S/C17H21N5O2/c1-9(2)12-15(13(10(3)4)21-8-20-12)22-17(24)14-11(16(18)23)6-5-7-19-14/h5-10H,1-4H3,(H2,18,23)(H,22,24). The largest absolute Gasteiger partial charge is 0.366 e. The summed E-state index contributed by atoms with van der Waals surface area (Å²) in [6.07, 6.45) is 2.94. The van der Waals surface area contributed by atoms with Gasteiger partial charge in [-0.2, -0.15) is 0 Å². The number of carbonyl (C=O) groups excluding carboxylic acids is 2. The van der Waals surface area contributed by atoms with Gasteiger partial charge in [0.15, 0.2) is 0 Å². The fraction of sp³-hybridized carbons (Fsp3) is 0.353. The Labute approximate surface area is 140 Å². The van der Waals surface area contributed by atoms with Gasteiger partial charge in [-0.3, -0.25) is 14.6 Å². The number of nitrogens with zero attached hydrogens (tertiary/aromatic N) is 3. The molecule has 2 rings (SSSR count). The van der Waals surface area contributed by atoms with E-state index in [4.69, 9.17) is 5.73 Å². The van der Waals surface area contributed by atoms with Crippen LogP contribution >= 0.6 is 0 Å². The third-order valence-electron chi connectivity index (χ3n) is 3.53. The topological polar surface area (TPSA) is 111 Å². The Morgan fingerprint density at radius 1 is 1.04 bits per heavy atom. The van der Waals surface area contributed by atoms with Crippen LogP contribution in [0.2, 0.25) is 0 Å². The van der Waals surface area contributed by atoms with Crippen LogP contribution in [-0.2, 0) is 0 Å². The SMILES string of the molecule is CC(C)c1ncnc(C(C)C)c1NC(=O)c1ncccc1C(N)=O. The van der Waals surface area contributed by atoms with Crippen LogP contribution in [0.1, 0.15) is 71.8 Å². The maximum Gasteiger partial charge on any atom is 0.275 e. The molecule has 2 heterocycles. The van der Waals surface area contributed by atoms with E-state index in [1.54, 1.807) is 6.07 Å². The number of primary amides is 1. The van der Waals surface area contributed by atoms with Crippen molar-refractivity contribution >= 4 is 17.5 Å². The second-order valence-electron chi connectivity index (χ2n) is 6.05. The molecule has 2 amide bonds. The highest BCUT2D eigenvalue weighted by molar-refractivity contribution is 6.10. The Kier molecular flexibility index (Phi) is 5.23. The van der Waals surface area contributed by atoms with E-state index >= 15 is 0 Å². The molecule has 7 heteroatoms. The van der Waals surface area contributed by atoms with Gasteiger partial charge >= 0.3 is 0 Å². The van der Waals surface area contributed by atoms with E-state index in [0.717, 1.165) is 11.4 Å². The number of carbonyl (C=O) groups is 2. The van der Waals surface area contributed by atoms with Gasteiger partial charge in [0.2, 0.25) is 0 Å². The van der Waals surface area contributed by atoms with Crippen molar-refractivity contribution in [3.8, 4) is 0 Å². The summed E-state index contributed by atoms with van der Waals surface area (Å²) >= 11 is 0. The summed E-state index contributed by atoms with van der Waals surface area (Å²) in [6.45, 7) is 7.94. The van der Waals surface area contributed by atoms with Gasteiger partial charge in [0, 0.05) is 6.20 Å². The first-order chi connectivity index (χ1) is 11.3. The van der Waals surface area contributed by atoms with Crippen molar-refractivity contribution in [3.63, 3.8) is 0 Å². The predicted molar refractivity (Wildman–Crippen MR) is 90.9 cm³/mol. The number of amides is 2. The van der Waals surface area contributed by atoms with Crippen LogP contribution in [0.3, 0.4) is 0 Å². The lowest BCUT2D eigenvalue weighted by Crippen LogP contribution is -2.23. The van der Waals surface area contributed by atoms with Crippen molar-refractivity contribution in [2.75, 3.05) is 5.32 Å². The number of aromatic nitrogens is 3. The second-order valence-corrected chi connectivity index (χ2v) is 6.05. The Morgan fingerprint density at radius 3 is 2.12 bits per heavy atom. The molecule has 0 bridgehead atoms. The lowest BCUT2D eigenvalue weighted by molar-refractivity contribution is 0.0974. The minimum absolute atomic E-state index is 0.0155. The molecule has 0 aliphatic heterocycles. The van der Waals surface area contributed by atoms with Crippen LogP contribution in [-0.4, -0.2) is 26.8 Å². The summed E-state index contributed by atoms with van der Waals surface area (Å²) in [5, 5.41) is 2.82. The van der Waals surface area contributed by atoms with E-state index < -0.39 is 11.8 Å². The number of nitrogens with one attached hydrogen (secondary N) is 1. The van der Waals surface area contributed by atoms with Crippen molar-refractivity contribution in [2.45, 2.75) is 39.5 Å². The Hall–Kier alpha value is -2.83. The van der Waals surface area contributed by atoms with Gasteiger partial charge in [0.1, 0.15) is 12.0 Å². The van der Waals surface area contributed by atoms with Crippen molar-refractivity contribution in [1.82, 2.24) is 15.0 Å². The number of anilines is 1. The minimum atomic E-state index is -0.703. The second kappa shape index (κ2) is 7.16. The molecule has 0 saturated heterocycles. The molecule has 0 fully saturated rings. The molecule has 0 aliphatic carbocycles. The van der Waals surface area contributed by atoms with Gasteiger partial charge in [-0.1, -0.05) is 27.7 Å². The smallest absolute Gasteiger partial charge is 0.275 e. The minimum Gasteiger partial charge on any atom is -0.366 e. The molecule has 0 saturated carbocycles. The van der Waals surface area contributed by atoms with Crippen LogP contribution in [0.4, 0.5) is 5.69 Å². The Balaban J connectivity index is 2.48. The first kappa shape index (κ1) is 17.5. The molecular weight excluding hydrogens is 306 g/mol. The molecule has 24 heavy (non-hydrogen) atoms. The summed E-state index contributed by atoms with van der Waals surface area (Å²) in [5.74, 6) is -1.02. The van der Waals surface area contributed by atoms with Crippen molar-refractivity contribution in [2.24, 2.45) is 5.73 Å². The first-order valence-electron chi connectivity index (χ1n) is 7.73. The first-order valence-corrected chi connectivity index (χ1v) is 7.73. The molecule has 126 valence electrons. The highest BCUT2D eigenvalue weighted by atomic mass is 16.2. The molecule has 7 nitrogen and oxygen atoms in total. The number of rotatable bonds is 5. The fourth-order valence-electron chi connectivity index (χ4n) is 2.37. The number of hydrogen-bond acceptors (Lipinski definition) is 5. The van der Waals surface area contributed by atoms with Gasteiger partial charge < -0.3 is 11.1 Å². The number of pyridine rings is 1. The van der Waals surface area contributed by atoms with Gasteiger partial charge in [-0.05, 0) is 24.0 Å². The molecule has 0 radical (unpaired) electrons. The van der Waals surface area contributed by atoms with Crippen LogP contribution in [0.25, 0.3) is 0 Å². The van der Waals surface area contributed by atoms with Crippen LogP contribution < -0.4 is 11.1 Å². The summed E-state index contributed by atoms with van der Waals surface area (Å²) in [6, 6.07) is 3.03. The third-order valence-corrected chi connectivity index (χ3v) is 3.53. The van der Waals surface area contributed by atoms with E-state index in [9.17, 15) is 9.59 Å². The van der Waals surface area contributed by atoms with E-state index in [1.165, 1.54) is 18.6 Å². The Morgan fingerprint density at radius 2 is 1.62 bits per heavy atom. The summed E-state index contributed by atoms with van der Waals surface area (Å²) in [4.78, 5) is 36.7. The quantitative estimate of drug-likeness (QED) is 0.876. The van der Waals surface area contributed by atoms with E-state index in [2.05, 4.69) is 20.3 Å². The maximum absolute atomic E-state index is 12.7. The van der Waals surface area contributed by atoms with Gasteiger partial charge in [-0.25, -0.2) is 9.97 Å². The highest BCUT2D eigenvalue weighted by Crippen LogP contribution is 2.29. The molecule has 0 atom stereocenters. The molecular formula is C17H21N5O2. The van der Waals surface area contributed by atoms with Crippen molar-refractivity contribution in [3.05, 3.63) is 47.3 Å². The third kappa shape index (κ3) is 3.56. The monoisotopic (exact) mass is 327 g/mol. The van der Waals surface area contributed by atoms with E-state index in [0.29, 0.717) is 5.69 Å². The summed E-state index contributed by atoms with van der Waals surface area (Å²) < 4.78 is 0. The fourth-order valence-corrected chi connectivity index (χ4v) is 2.37. The van der Waals surface area contributed by atoms with Crippen LogP contribution in [0, 0.1) is 0 Å². The van der Waals surface area contributed by atoms with Crippen LogP contribution in [0.5, 0.6) is 0 Å². The van der Waals surface area contributed by atoms with Gasteiger partial charge in [0.25, 0.3) is 11.8 Å². The van der Waals surface area contributed by atoms with Gasteiger partial charge in [-0.15, -0.1) is 0 Å². The number of hydrogen-bond donors (Lipinski definition) is 2. The normalized spacial score (nSPS) is 10.9. The van der Waals surface area contributed by atoms with Crippen molar-refractivity contribution < 1.29 is 9.59 Å². The van der Waals surface area contributed by atoms with Crippen LogP contribution in [0.15, 0.2) is 24.7 Å². The lowest BCUT2D eigenvalue weighted by Gasteiger charge is -2.18. The zero-order chi connectivity index (χ0) is 17.9. The molecule has 0 unspecified atom stereocenters. The predicted octanol–water partition coefficient (Wildman–Crippen LogP) is 2.47. The number of nitrogens with two attached hydrogens (primary N) is 1. The molecule has 0 spiro atoms. The molecule has 2 aromatic rings. The highest BCUT2D eigenvalue weighted by Gasteiger charge is 2.22. The molecule has 2 aromatic heterocycles. The molecule has 3 N–H and O–H groups in total. The van der Waals surface area contributed by atoms with Crippen molar-refractivity contribution in [1.29, 1.82) is 0 Å². The van der Waals surface area contributed by atoms with E-state index in [1.807, 2.05) is 27.7 Å². The average molecular weight is 327 g/mol. The van der Waals surface area contributed by atoms with Gasteiger partial charge in [0.05, 0.1) is 22.6 Å². The zero-order valence-electron chi connectivity index (χ0n) is 14.2. The summed E-state index contributed by atoms with van der Waals surface area (Å²) in [7, 11) is 0. The lowest BCUT2D eigenvalue weighted by atomic mass is 10.0. The molecule has 0 aliphatic rings.